The molecule has 0 saturated carbocycles. The van der Waals surface area contributed by atoms with E-state index in [0.29, 0.717) is 0 Å². The summed E-state index contributed by atoms with van der Waals surface area (Å²) >= 11 is 0. The molecule has 0 heterocycles. The monoisotopic (exact) mass is 704 g/mol. The number of benzene rings is 4. The lowest BCUT2D eigenvalue weighted by atomic mass is 9.94. The van der Waals surface area contributed by atoms with Crippen molar-refractivity contribution in [1.82, 2.24) is 0 Å². The first kappa shape index (κ1) is 40.9. The summed E-state index contributed by atoms with van der Waals surface area (Å²) < 4.78 is 9.04. The van der Waals surface area contributed by atoms with Crippen LogP contribution in [-0.4, -0.2) is 81.5 Å². The van der Waals surface area contributed by atoms with Gasteiger partial charge in [0.1, 0.15) is 6.42 Å². The molecule has 0 aliphatic rings. The molecule has 4 rings (SSSR count). The average Bonchev–Trinajstić information content (AvgIpc) is 3.12. The van der Waals surface area contributed by atoms with Gasteiger partial charge in [0.25, 0.3) is 0 Å². The molecule has 4 aromatic carbocycles. The molecule has 52 heavy (non-hydrogen) atoms. The summed E-state index contributed by atoms with van der Waals surface area (Å²) in [6.45, 7) is 3.95. The van der Waals surface area contributed by atoms with Crippen LogP contribution in [0.25, 0.3) is 11.1 Å². The van der Waals surface area contributed by atoms with Gasteiger partial charge in [0, 0.05) is 79.1 Å². The van der Waals surface area contributed by atoms with Crippen LogP contribution in [0.15, 0.2) is 109 Å². The molecule has 0 N–H and O–H groups in total. The van der Waals surface area contributed by atoms with Crippen LogP contribution in [0.5, 0.6) is 0 Å². The first-order valence-electron chi connectivity index (χ1n) is 17.7. The molecule has 8 heteroatoms. The van der Waals surface area contributed by atoms with Crippen LogP contribution < -0.4 is 19.6 Å². The highest BCUT2D eigenvalue weighted by atomic mass is 16.5. The fourth-order valence-corrected chi connectivity index (χ4v) is 5.40. The Kier molecular flexibility index (Phi) is 16.0. The van der Waals surface area contributed by atoms with Crippen molar-refractivity contribution in [2.24, 2.45) is 0 Å². The quantitative estimate of drug-likeness (QED) is 0.0958. The van der Waals surface area contributed by atoms with Crippen molar-refractivity contribution in [1.29, 1.82) is 0 Å². The molecule has 276 valence electrons. The first-order chi connectivity index (χ1) is 24.8. The molecule has 0 amide bonds. The highest BCUT2D eigenvalue weighted by Crippen LogP contribution is 2.31. The Morgan fingerprint density at radius 2 is 0.673 bits per heavy atom. The van der Waals surface area contributed by atoms with E-state index >= 15 is 0 Å². The first-order valence-corrected chi connectivity index (χ1v) is 17.7. The Bertz CT molecular complexity index is 1520. The largest absolute Gasteiger partial charge is 0.466 e. The number of allylic oxidation sites excluding steroid dienone is 2. The number of hydrogen-bond donors (Lipinski definition) is 0. The summed E-state index contributed by atoms with van der Waals surface area (Å²) in [7, 11) is 16.6. The van der Waals surface area contributed by atoms with Gasteiger partial charge in [0.05, 0.1) is 13.2 Å². The van der Waals surface area contributed by atoms with Crippen LogP contribution in [0.3, 0.4) is 0 Å². The van der Waals surface area contributed by atoms with E-state index in [1.807, 2.05) is 0 Å². The van der Waals surface area contributed by atoms with Gasteiger partial charge >= 0.3 is 11.9 Å². The Morgan fingerprint density at radius 3 is 0.865 bits per heavy atom. The van der Waals surface area contributed by atoms with Crippen molar-refractivity contribution < 1.29 is 19.1 Å². The summed E-state index contributed by atoms with van der Waals surface area (Å²) in [6, 6.07) is 35.4. The van der Waals surface area contributed by atoms with Crippen LogP contribution in [-0.2, 0) is 19.1 Å². The maximum atomic E-state index is 10.6. The van der Waals surface area contributed by atoms with E-state index in [1.165, 1.54) is 56.1 Å². The van der Waals surface area contributed by atoms with Crippen LogP contribution in [0.4, 0.5) is 22.7 Å². The lowest BCUT2D eigenvalue weighted by Crippen LogP contribution is -2.13. The number of anilines is 4. The Morgan fingerprint density at radius 1 is 0.442 bits per heavy atom. The molecule has 0 fully saturated rings. The fourth-order valence-electron chi connectivity index (χ4n) is 5.40. The van der Waals surface area contributed by atoms with E-state index < -0.39 is 11.9 Å². The number of carbonyl (C=O) groups excluding carboxylic acids is 2. The van der Waals surface area contributed by atoms with Crippen molar-refractivity contribution in [3.05, 3.63) is 131 Å². The minimum absolute atomic E-state index is 0.290. The van der Waals surface area contributed by atoms with Gasteiger partial charge in [-0.2, -0.15) is 0 Å². The summed E-state index contributed by atoms with van der Waals surface area (Å²) in [5, 5.41) is 0. The van der Waals surface area contributed by atoms with E-state index in [0.717, 1.165) is 6.42 Å². The van der Waals surface area contributed by atoms with E-state index in [9.17, 15) is 9.59 Å². The molecule has 0 aliphatic heterocycles. The highest BCUT2D eigenvalue weighted by molar-refractivity contribution is 5.91. The molecule has 0 radical (unpaired) electrons. The summed E-state index contributed by atoms with van der Waals surface area (Å²) in [4.78, 5) is 29.8. The SMILES string of the molecule is CCOC(=O)CC(=O)OCC.CN(C)c1ccc(C(=CCC=C(c2ccc(N(C)C)cc2)c2ccc(N(C)C)cc2)c2ccc(N(C)C)cc2)cc1. The zero-order valence-electron chi connectivity index (χ0n) is 32.6. The number of carbonyl (C=O) groups is 2. The van der Waals surface area contributed by atoms with E-state index in [2.05, 4.69) is 195 Å². The molecule has 4 aromatic rings. The normalized spacial score (nSPS) is 10.2. The van der Waals surface area contributed by atoms with E-state index in [1.54, 1.807) is 13.8 Å². The van der Waals surface area contributed by atoms with E-state index in [4.69, 9.17) is 0 Å². The molecule has 0 unspecified atom stereocenters. The molecule has 0 spiro atoms. The topological polar surface area (TPSA) is 65.6 Å². The Labute approximate surface area is 311 Å². The van der Waals surface area contributed by atoms with Crippen LogP contribution in [0, 0.1) is 0 Å². The predicted molar refractivity (Wildman–Crippen MR) is 220 cm³/mol. The maximum absolute atomic E-state index is 10.6. The van der Waals surface area contributed by atoms with Gasteiger partial charge in [0.2, 0.25) is 0 Å². The zero-order valence-corrected chi connectivity index (χ0v) is 32.6. The van der Waals surface area contributed by atoms with Gasteiger partial charge in [0.15, 0.2) is 0 Å². The van der Waals surface area contributed by atoms with Crippen molar-refractivity contribution in [2.75, 3.05) is 89.2 Å². The third kappa shape index (κ3) is 12.4. The van der Waals surface area contributed by atoms with Crippen molar-refractivity contribution in [2.45, 2.75) is 26.7 Å². The zero-order chi connectivity index (χ0) is 38.2. The number of nitrogens with zero attached hydrogens (tertiary/aromatic N) is 4. The lowest BCUT2D eigenvalue weighted by Gasteiger charge is -2.17. The standard InChI is InChI=1S/C37H44N4.C7H12O4/c1-38(2)32-20-12-28(13-21-32)36(29-14-22-33(23-15-29)39(3)4)10-9-11-37(30-16-24-34(25-17-30)40(5)6)31-18-26-35(27-19-31)41(7)8;1-3-10-6(8)5-7(9)11-4-2/h10-27H,9H2,1-8H3;3-5H2,1-2H3. The molecule has 0 atom stereocenters. The molecular formula is C44H56N4O4. The number of ether oxygens (including phenoxy) is 2. The second-order valence-corrected chi connectivity index (χ2v) is 13.0. The molecule has 8 nitrogen and oxygen atoms in total. The summed E-state index contributed by atoms with van der Waals surface area (Å²) in [5.41, 5.74) is 12.1. The smallest absolute Gasteiger partial charge is 0.317 e. The lowest BCUT2D eigenvalue weighted by molar-refractivity contribution is -0.153. The van der Waals surface area contributed by atoms with Crippen LogP contribution >= 0.6 is 0 Å². The summed E-state index contributed by atoms with van der Waals surface area (Å²) in [6.07, 6.45) is 5.23. The fraction of sp³-hybridized carbons (Fsp3) is 0.318. The van der Waals surface area contributed by atoms with Crippen molar-refractivity contribution in [3.63, 3.8) is 0 Å². The second-order valence-electron chi connectivity index (χ2n) is 13.0. The second kappa shape index (κ2) is 20.4. The molecule has 0 bridgehead atoms. The molecule has 0 aliphatic carbocycles. The third-order valence-electron chi connectivity index (χ3n) is 8.32. The molecular weight excluding hydrogens is 649 g/mol. The third-order valence-corrected chi connectivity index (χ3v) is 8.32. The minimum Gasteiger partial charge on any atom is -0.466 e. The van der Waals surface area contributed by atoms with Crippen LogP contribution in [0.1, 0.15) is 48.9 Å². The molecule has 0 saturated heterocycles. The van der Waals surface area contributed by atoms with Gasteiger partial charge in [-0.05, 0) is 102 Å². The van der Waals surface area contributed by atoms with Gasteiger partial charge < -0.3 is 29.1 Å². The number of rotatable bonds is 14. The van der Waals surface area contributed by atoms with Crippen molar-refractivity contribution >= 4 is 45.8 Å². The molecule has 0 aromatic heterocycles. The Hall–Kier alpha value is -5.50. The maximum Gasteiger partial charge on any atom is 0.317 e. The Balaban J connectivity index is 0.000000573. The van der Waals surface area contributed by atoms with Crippen LogP contribution in [0.2, 0.25) is 0 Å². The summed E-state index contributed by atoms with van der Waals surface area (Å²) in [5.74, 6) is -1.07. The predicted octanol–water partition coefficient (Wildman–Crippen LogP) is 8.41. The minimum atomic E-state index is -0.536. The van der Waals surface area contributed by atoms with Gasteiger partial charge in [-0.15, -0.1) is 0 Å². The van der Waals surface area contributed by atoms with Gasteiger partial charge in [-0.1, -0.05) is 60.7 Å². The van der Waals surface area contributed by atoms with E-state index in [-0.39, 0.29) is 19.6 Å². The van der Waals surface area contributed by atoms with Gasteiger partial charge in [-0.3, -0.25) is 9.59 Å². The van der Waals surface area contributed by atoms with Crippen molar-refractivity contribution in [3.8, 4) is 0 Å². The number of esters is 2. The number of hydrogen-bond acceptors (Lipinski definition) is 8. The highest BCUT2D eigenvalue weighted by Gasteiger charge is 2.11. The average molecular weight is 705 g/mol. The van der Waals surface area contributed by atoms with Gasteiger partial charge in [-0.25, -0.2) is 0 Å².